The van der Waals surface area contributed by atoms with Crippen LogP contribution in [0.25, 0.3) is 11.0 Å². The van der Waals surface area contributed by atoms with Crippen LogP contribution in [0.2, 0.25) is 0 Å². The van der Waals surface area contributed by atoms with Gasteiger partial charge in [-0.2, -0.15) is 0 Å². The number of aryl methyl sites for hydroxylation is 2. The van der Waals surface area contributed by atoms with Crippen molar-refractivity contribution >= 4 is 28.3 Å². The average molecular weight is 418 g/mol. The van der Waals surface area contributed by atoms with Gasteiger partial charge >= 0.3 is 0 Å². The number of carbonyl (C=O) groups is 1. The molecule has 0 aliphatic rings. The van der Waals surface area contributed by atoms with E-state index >= 15 is 0 Å². The summed E-state index contributed by atoms with van der Waals surface area (Å²) in [4.78, 5) is 25.7. The van der Waals surface area contributed by atoms with Crippen LogP contribution in [-0.2, 0) is 13.1 Å². The third-order valence-electron chi connectivity index (χ3n) is 5.09. The van der Waals surface area contributed by atoms with Crippen LogP contribution >= 0.6 is 11.3 Å². The molecule has 4 aromatic rings. The number of methoxy groups -OCH3 is 1. The number of benzene rings is 2. The largest absolute Gasteiger partial charge is 0.496 e. The van der Waals surface area contributed by atoms with Crippen molar-refractivity contribution in [3.8, 4) is 5.75 Å². The zero-order chi connectivity index (χ0) is 21.1. The van der Waals surface area contributed by atoms with Gasteiger partial charge in [0.05, 0.1) is 42.6 Å². The van der Waals surface area contributed by atoms with Crippen LogP contribution in [-0.4, -0.2) is 27.9 Å². The number of carbonyl (C=O) groups excluding carboxylic acids is 1. The molecular weight excluding hydrogens is 394 g/mol. The molecule has 0 radical (unpaired) electrons. The molecule has 2 aromatic carbocycles. The summed E-state index contributed by atoms with van der Waals surface area (Å²) in [6.45, 7) is 4.86. The van der Waals surface area contributed by atoms with Crippen LogP contribution in [0.5, 0.6) is 5.75 Å². The topological polar surface area (TPSA) is 55.3 Å². The first-order chi connectivity index (χ1) is 14.5. The van der Waals surface area contributed by atoms with Crippen molar-refractivity contribution in [3.05, 3.63) is 87.4 Å². The number of hydrogen-bond acceptors (Lipinski definition) is 5. The minimum absolute atomic E-state index is 0.0452. The van der Waals surface area contributed by atoms with Gasteiger partial charge in [-0.25, -0.2) is 9.97 Å². The summed E-state index contributed by atoms with van der Waals surface area (Å²) in [5.41, 5.74) is 4.87. The van der Waals surface area contributed by atoms with Crippen LogP contribution in [0.1, 0.15) is 32.2 Å². The molecule has 0 unspecified atom stereocenters. The number of rotatable bonds is 6. The Morgan fingerprint density at radius 2 is 1.73 bits per heavy atom. The first-order valence-corrected chi connectivity index (χ1v) is 10.6. The molecule has 0 N–H and O–H groups in total. The van der Waals surface area contributed by atoms with Gasteiger partial charge in [-0.1, -0.05) is 24.3 Å². The number of para-hydroxylation sites is 1. The molecule has 0 bridgehead atoms. The molecule has 0 fully saturated rings. The number of amides is 1. The monoisotopic (exact) mass is 417 g/mol. The maximum absolute atomic E-state index is 13.5. The molecule has 0 saturated heterocycles. The predicted molar refractivity (Wildman–Crippen MR) is 120 cm³/mol. The Balaban J connectivity index is 1.69. The Morgan fingerprint density at radius 1 is 0.967 bits per heavy atom. The van der Waals surface area contributed by atoms with Gasteiger partial charge in [0.15, 0.2) is 0 Å². The maximum Gasteiger partial charge on any atom is 0.254 e. The van der Waals surface area contributed by atoms with Gasteiger partial charge < -0.3 is 9.64 Å². The van der Waals surface area contributed by atoms with Crippen molar-refractivity contribution in [3.63, 3.8) is 0 Å². The SMILES string of the molecule is COc1ccccc1CN(Cc1cccs1)C(=O)c1ccc2nc(C)c(C)nc2c1. The quantitative estimate of drug-likeness (QED) is 0.435. The highest BCUT2D eigenvalue weighted by molar-refractivity contribution is 7.09. The Bertz CT molecular complexity index is 1190. The van der Waals surface area contributed by atoms with Gasteiger partial charge in [0.2, 0.25) is 0 Å². The summed E-state index contributed by atoms with van der Waals surface area (Å²) in [5.74, 6) is 0.730. The predicted octanol–water partition coefficient (Wildman–Crippen LogP) is 5.16. The molecule has 0 aliphatic heterocycles. The number of fused-ring (bicyclic) bond motifs is 1. The lowest BCUT2D eigenvalue weighted by molar-refractivity contribution is 0.0731. The van der Waals surface area contributed by atoms with Gasteiger partial charge in [-0.3, -0.25) is 4.79 Å². The summed E-state index contributed by atoms with van der Waals surface area (Å²) in [5, 5.41) is 2.03. The fourth-order valence-corrected chi connectivity index (χ4v) is 4.10. The van der Waals surface area contributed by atoms with Crippen LogP contribution in [0.4, 0.5) is 0 Å². The smallest absolute Gasteiger partial charge is 0.254 e. The molecule has 30 heavy (non-hydrogen) atoms. The molecule has 0 saturated carbocycles. The highest BCUT2D eigenvalue weighted by Crippen LogP contribution is 2.24. The lowest BCUT2D eigenvalue weighted by Gasteiger charge is -2.23. The lowest BCUT2D eigenvalue weighted by atomic mass is 10.1. The van der Waals surface area contributed by atoms with Crippen molar-refractivity contribution in [2.75, 3.05) is 7.11 Å². The molecule has 2 heterocycles. The third kappa shape index (κ3) is 4.19. The number of hydrogen-bond donors (Lipinski definition) is 0. The fourth-order valence-electron chi connectivity index (χ4n) is 3.38. The molecular formula is C24H23N3O2S. The lowest BCUT2D eigenvalue weighted by Crippen LogP contribution is -2.30. The summed E-state index contributed by atoms with van der Waals surface area (Å²) in [6.07, 6.45) is 0. The second-order valence-electron chi connectivity index (χ2n) is 7.15. The number of aromatic nitrogens is 2. The first-order valence-electron chi connectivity index (χ1n) is 9.73. The van der Waals surface area contributed by atoms with E-state index in [1.165, 1.54) is 0 Å². The molecule has 6 heteroatoms. The van der Waals surface area contributed by atoms with Crippen LogP contribution in [0.15, 0.2) is 60.0 Å². The normalized spacial score (nSPS) is 10.9. The molecule has 0 spiro atoms. The van der Waals surface area contributed by atoms with E-state index in [1.807, 2.05) is 78.7 Å². The van der Waals surface area contributed by atoms with Crippen molar-refractivity contribution in [1.29, 1.82) is 0 Å². The molecule has 1 amide bonds. The standard InChI is InChI=1S/C24H23N3O2S/c1-16-17(2)26-22-13-18(10-11-21(22)25-16)24(28)27(15-20-8-6-12-30-20)14-19-7-4-5-9-23(19)29-3/h4-13H,14-15H2,1-3H3. The van der Waals surface area contributed by atoms with Crippen LogP contribution in [0, 0.1) is 13.8 Å². The molecule has 152 valence electrons. The van der Waals surface area contributed by atoms with Gasteiger partial charge in [0, 0.05) is 16.0 Å². The number of ether oxygens (including phenoxy) is 1. The fraction of sp³-hybridized carbons (Fsp3) is 0.208. The molecule has 0 atom stereocenters. The third-order valence-corrected chi connectivity index (χ3v) is 5.95. The highest BCUT2D eigenvalue weighted by atomic mass is 32.1. The minimum Gasteiger partial charge on any atom is -0.496 e. The van der Waals surface area contributed by atoms with Gasteiger partial charge in [0.25, 0.3) is 5.91 Å². The van der Waals surface area contributed by atoms with E-state index in [-0.39, 0.29) is 5.91 Å². The Hall–Kier alpha value is -3.25. The van der Waals surface area contributed by atoms with Gasteiger partial charge in [0.1, 0.15) is 5.75 Å². The molecule has 2 aromatic heterocycles. The van der Waals surface area contributed by atoms with Crippen molar-refractivity contribution in [2.45, 2.75) is 26.9 Å². The van der Waals surface area contributed by atoms with E-state index in [0.717, 1.165) is 38.6 Å². The summed E-state index contributed by atoms with van der Waals surface area (Å²) in [7, 11) is 1.65. The second kappa shape index (κ2) is 8.63. The van der Waals surface area contributed by atoms with E-state index in [9.17, 15) is 4.79 Å². The Morgan fingerprint density at radius 3 is 2.47 bits per heavy atom. The molecule has 0 aliphatic carbocycles. The van der Waals surface area contributed by atoms with E-state index in [2.05, 4.69) is 9.97 Å². The van der Waals surface area contributed by atoms with Crippen LogP contribution < -0.4 is 4.74 Å². The van der Waals surface area contributed by atoms with Crippen molar-refractivity contribution < 1.29 is 9.53 Å². The zero-order valence-corrected chi connectivity index (χ0v) is 18.1. The minimum atomic E-state index is -0.0452. The first kappa shape index (κ1) is 20.0. The molecule has 5 nitrogen and oxygen atoms in total. The second-order valence-corrected chi connectivity index (χ2v) is 8.18. The Labute approximate surface area is 180 Å². The molecule has 4 rings (SSSR count). The number of thiophene rings is 1. The van der Waals surface area contributed by atoms with Gasteiger partial charge in [-0.15, -0.1) is 11.3 Å². The average Bonchev–Trinajstić information content (AvgIpc) is 3.27. The van der Waals surface area contributed by atoms with E-state index < -0.39 is 0 Å². The van der Waals surface area contributed by atoms with Gasteiger partial charge in [-0.05, 0) is 49.6 Å². The highest BCUT2D eigenvalue weighted by Gasteiger charge is 2.19. The van der Waals surface area contributed by atoms with Crippen LogP contribution in [0.3, 0.4) is 0 Å². The summed E-state index contributed by atoms with van der Waals surface area (Å²) >= 11 is 1.64. The van der Waals surface area contributed by atoms with E-state index in [0.29, 0.717) is 18.7 Å². The zero-order valence-electron chi connectivity index (χ0n) is 17.3. The maximum atomic E-state index is 13.5. The Kier molecular flexibility index (Phi) is 5.77. The van der Waals surface area contributed by atoms with Crippen molar-refractivity contribution in [2.24, 2.45) is 0 Å². The number of nitrogens with zero attached hydrogens (tertiary/aromatic N) is 3. The summed E-state index contributed by atoms with van der Waals surface area (Å²) < 4.78 is 5.50. The van der Waals surface area contributed by atoms with E-state index in [4.69, 9.17) is 4.74 Å². The van der Waals surface area contributed by atoms with E-state index in [1.54, 1.807) is 18.4 Å². The van der Waals surface area contributed by atoms with Crippen molar-refractivity contribution in [1.82, 2.24) is 14.9 Å². The summed E-state index contributed by atoms with van der Waals surface area (Å²) in [6, 6.07) is 17.4.